The third kappa shape index (κ3) is 3.60. The van der Waals surface area contributed by atoms with Gasteiger partial charge in [0.05, 0.1) is 21.2 Å². The first-order chi connectivity index (χ1) is 12.1. The quantitative estimate of drug-likeness (QED) is 0.619. The van der Waals surface area contributed by atoms with E-state index in [2.05, 4.69) is 9.97 Å². The molecule has 3 aromatic rings. The molecule has 0 atom stereocenters. The van der Waals surface area contributed by atoms with E-state index in [1.54, 1.807) is 0 Å². The Morgan fingerprint density at radius 1 is 0.615 bits per heavy atom. The van der Waals surface area contributed by atoms with Crippen LogP contribution in [0.3, 0.4) is 0 Å². The first-order valence-electron chi connectivity index (χ1n) is 7.01. The molecule has 0 amide bonds. The molecule has 1 heterocycles. The second-order valence-electron chi connectivity index (χ2n) is 5.29. The lowest BCUT2D eigenvalue weighted by Crippen LogP contribution is -2.00. The van der Waals surface area contributed by atoms with Gasteiger partial charge in [0.15, 0.2) is 0 Å². The van der Waals surface area contributed by atoms with Crippen LogP contribution in [0.5, 0.6) is 0 Å². The van der Waals surface area contributed by atoms with Crippen LogP contribution >= 0.6 is 0 Å². The van der Waals surface area contributed by atoms with Crippen molar-refractivity contribution in [2.24, 2.45) is 0 Å². The number of hydrogen-bond acceptors (Lipinski definition) is 7. The van der Waals surface area contributed by atoms with Crippen LogP contribution in [-0.2, 0) is 20.2 Å². The average molecular weight is 394 g/mol. The predicted molar refractivity (Wildman–Crippen MR) is 88.2 cm³/mol. The zero-order valence-corrected chi connectivity index (χ0v) is 14.4. The van der Waals surface area contributed by atoms with Crippen molar-refractivity contribution >= 4 is 20.2 Å². The molecule has 136 valence electrons. The minimum absolute atomic E-state index is 0.308. The second kappa shape index (κ2) is 6.21. The average Bonchev–Trinajstić information content (AvgIpc) is 2.95. The van der Waals surface area contributed by atoms with Crippen molar-refractivity contribution in [1.29, 1.82) is 0 Å². The normalized spacial score (nSPS) is 12.2. The van der Waals surface area contributed by atoms with Crippen molar-refractivity contribution < 1.29 is 25.9 Å². The monoisotopic (exact) mass is 394 g/mol. The van der Waals surface area contributed by atoms with Gasteiger partial charge >= 0.3 is 5.69 Å². The number of nitrogens with one attached hydrogen (secondary N) is 2. The number of aromatic nitrogens is 2. The maximum Gasteiger partial charge on any atom is 0.323 e. The molecule has 0 saturated heterocycles. The maximum atomic E-state index is 11.7. The van der Waals surface area contributed by atoms with E-state index < -0.39 is 35.7 Å². The summed E-state index contributed by atoms with van der Waals surface area (Å²) in [6.45, 7) is 0. The second-order valence-corrected chi connectivity index (χ2v) is 8.05. The summed E-state index contributed by atoms with van der Waals surface area (Å²) >= 11 is 0. The van der Waals surface area contributed by atoms with E-state index in [-0.39, 0.29) is 0 Å². The molecule has 0 aliphatic heterocycles. The number of imidazole rings is 1. The Bertz CT molecular complexity index is 1120. The molecule has 26 heavy (non-hydrogen) atoms. The minimum Gasteiger partial charge on any atom is -0.744 e. The van der Waals surface area contributed by atoms with Gasteiger partial charge in [-0.1, -0.05) is 24.3 Å². The molecule has 9 nitrogen and oxygen atoms in total. The van der Waals surface area contributed by atoms with Crippen LogP contribution in [0.4, 0.5) is 0 Å². The molecule has 1 aromatic heterocycles. The molecule has 11 heteroatoms. The van der Waals surface area contributed by atoms with Crippen LogP contribution in [-0.4, -0.2) is 35.9 Å². The van der Waals surface area contributed by atoms with Crippen molar-refractivity contribution in [3.8, 4) is 22.5 Å². The van der Waals surface area contributed by atoms with Gasteiger partial charge in [0.2, 0.25) is 0 Å². The summed E-state index contributed by atoms with van der Waals surface area (Å²) in [4.78, 5) is 16.0. The Morgan fingerprint density at radius 3 is 1.19 bits per heavy atom. The van der Waals surface area contributed by atoms with Gasteiger partial charge < -0.3 is 19.1 Å². The summed E-state index contributed by atoms with van der Waals surface area (Å²) in [7, 11) is -9.19. The molecule has 3 rings (SSSR count). The smallest absolute Gasteiger partial charge is 0.323 e. The number of aromatic amines is 2. The Hall–Kier alpha value is -2.73. The molecule has 2 aromatic carbocycles. The molecule has 0 spiro atoms. The highest BCUT2D eigenvalue weighted by molar-refractivity contribution is 7.86. The Labute approximate surface area is 147 Å². The topological polar surface area (TPSA) is 163 Å². The summed E-state index contributed by atoms with van der Waals surface area (Å²) in [5, 5.41) is 0. The summed E-state index contributed by atoms with van der Waals surface area (Å²) < 4.78 is 66.0. The lowest BCUT2D eigenvalue weighted by atomic mass is 10.1. The van der Waals surface area contributed by atoms with Gasteiger partial charge in [0.25, 0.3) is 0 Å². The molecular weight excluding hydrogens is 384 g/mol. The largest absolute Gasteiger partial charge is 0.744 e. The molecule has 0 unspecified atom stereocenters. The fourth-order valence-corrected chi connectivity index (χ4v) is 3.33. The van der Waals surface area contributed by atoms with Gasteiger partial charge in [-0.2, -0.15) is 0 Å². The van der Waals surface area contributed by atoms with Gasteiger partial charge in [0.1, 0.15) is 20.2 Å². The van der Waals surface area contributed by atoms with Crippen LogP contribution in [0.25, 0.3) is 22.5 Å². The van der Waals surface area contributed by atoms with Crippen molar-refractivity contribution in [2.75, 3.05) is 0 Å². The van der Waals surface area contributed by atoms with Crippen LogP contribution in [0.15, 0.2) is 63.1 Å². The van der Waals surface area contributed by atoms with Gasteiger partial charge in [-0.3, -0.25) is 0 Å². The SMILES string of the molecule is O=c1[nH]c(-c2ccc(S(=O)(=O)[O-])cc2)c(-c2ccc(S(=O)(=O)[O-])cc2)[nH]1. The lowest BCUT2D eigenvalue weighted by Gasteiger charge is -2.09. The van der Waals surface area contributed by atoms with Crippen LogP contribution in [0.2, 0.25) is 0 Å². The summed E-state index contributed by atoms with van der Waals surface area (Å²) in [5.74, 6) is 0. The zero-order valence-electron chi connectivity index (χ0n) is 12.8. The van der Waals surface area contributed by atoms with E-state index in [1.807, 2.05) is 0 Å². The predicted octanol–water partition coefficient (Wildman–Crippen LogP) is 0.845. The molecule has 0 aliphatic rings. The van der Waals surface area contributed by atoms with Crippen molar-refractivity contribution in [3.63, 3.8) is 0 Å². The van der Waals surface area contributed by atoms with E-state index >= 15 is 0 Å². The number of benzene rings is 2. The molecular formula is C15H10N2O7S2-2. The van der Waals surface area contributed by atoms with Crippen molar-refractivity contribution in [1.82, 2.24) is 9.97 Å². The molecule has 0 fully saturated rings. The highest BCUT2D eigenvalue weighted by Crippen LogP contribution is 2.29. The van der Waals surface area contributed by atoms with E-state index in [1.165, 1.54) is 24.3 Å². The molecule has 0 bridgehead atoms. The van der Waals surface area contributed by atoms with E-state index in [9.17, 15) is 30.7 Å². The van der Waals surface area contributed by atoms with E-state index in [0.717, 1.165) is 24.3 Å². The Kier molecular flexibility index (Phi) is 4.32. The summed E-state index contributed by atoms with van der Waals surface area (Å²) in [6.07, 6.45) is 0. The third-order valence-electron chi connectivity index (χ3n) is 3.59. The van der Waals surface area contributed by atoms with Crippen LogP contribution in [0, 0.1) is 0 Å². The van der Waals surface area contributed by atoms with Crippen LogP contribution < -0.4 is 5.69 Å². The Balaban J connectivity index is 2.08. The fourth-order valence-electron chi connectivity index (χ4n) is 2.39. The molecule has 0 radical (unpaired) electrons. The van der Waals surface area contributed by atoms with Crippen molar-refractivity contribution in [3.05, 3.63) is 59.0 Å². The van der Waals surface area contributed by atoms with Gasteiger partial charge in [-0.25, -0.2) is 21.6 Å². The molecule has 0 aliphatic carbocycles. The zero-order chi connectivity index (χ0) is 19.1. The van der Waals surface area contributed by atoms with Crippen molar-refractivity contribution in [2.45, 2.75) is 9.79 Å². The standard InChI is InChI=1S/C15H12N2O7S2/c18-15-16-13(9-1-5-11(6-2-9)25(19,20)21)14(17-15)10-3-7-12(8-4-10)26(22,23)24/h1-8H,(H2,16,17,18)(H,19,20,21)(H,22,23,24)/p-2. The fraction of sp³-hybridized carbons (Fsp3) is 0. The first-order valence-corrected chi connectivity index (χ1v) is 9.82. The third-order valence-corrected chi connectivity index (χ3v) is 5.29. The van der Waals surface area contributed by atoms with Gasteiger partial charge in [0, 0.05) is 11.1 Å². The number of rotatable bonds is 4. The highest BCUT2D eigenvalue weighted by atomic mass is 32.2. The highest BCUT2D eigenvalue weighted by Gasteiger charge is 2.13. The maximum absolute atomic E-state index is 11.7. The summed E-state index contributed by atoms with van der Waals surface area (Å²) in [5.41, 5.74) is 0.916. The molecule has 2 N–H and O–H groups in total. The molecule has 0 saturated carbocycles. The Morgan fingerprint density at radius 2 is 0.923 bits per heavy atom. The van der Waals surface area contributed by atoms with Crippen LogP contribution in [0.1, 0.15) is 0 Å². The first kappa shape index (κ1) is 18.1. The van der Waals surface area contributed by atoms with Gasteiger partial charge in [-0.15, -0.1) is 0 Å². The van der Waals surface area contributed by atoms with E-state index in [4.69, 9.17) is 0 Å². The number of H-pyrrole nitrogens is 2. The number of hydrogen-bond donors (Lipinski definition) is 2. The lowest BCUT2D eigenvalue weighted by molar-refractivity contribution is 0.461. The summed E-state index contributed by atoms with van der Waals surface area (Å²) in [6, 6.07) is 9.85. The van der Waals surface area contributed by atoms with Gasteiger partial charge in [-0.05, 0) is 24.3 Å². The minimum atomic E-state index is -4.59. The van der Waals surface area contributed by atoms with E-state index in [0.29, 0.717) is 22.5 Å².